The van der Waals surface area contributed by atoms with Gasteiger partial charge < -0.3 is 10.2 Å². The van der Waals surface area contributed by atoms with Crippen molar-refractivity contribution >= 4 is 27.7 Å². The molecule has 1 spiro atoms. The normalized spacial score (nSPS) is 25.9. The second kappa shape index (κ2) is 4.59. The van der Waals surface area contributed by atoms with Crippen LogP contribution >= 0.6 is 15.9 Å². The van der Waals surface area contributed by atoms with E-state index in [2.05, 4.69) is 26.2 Å². The second-order valence-electron chi connectivity index (χ2n) is 5.26. The van der Waals surface area contributed by atoms with E-state index in [4.69, 9.17) is 0 Å². The van der Waals surface area contributed by atoms with Crippen LogP contribution in [0.15, 0.2) is 22.8 Å². The molecule has 2 aliphatic heterocycles. The van der Waals surface area contributed by atoms with Crippen LogP contribution in [0.5, 0.6) is 0 Å². The molecule has 3 heterocycles. The molecule has 0 saturated carbocycles. The molecule has 2 fully saturated rings. The lowest BCUT2D eigenvalue weighted by Crippen LogP contribution is -2.33. The third-order valence-corrected chi connectivity index (χ3v) is 4.52. The van der Waals surface area contributed by atoms with Gasteiger partial charge >= 0.3 is 0 Å². The van der Waals surface area contributed by atoms with Crippen molar-refractivity contribution in [3.05, 3.63) is 28.5 Å². The summed E-state index contributed by atoms with van der Waals surface area (Å²) in [5.74, 6) is 0.0250. The van der Waals surface area contributed by atoms with Crippen LogP contribution in [0.2, 0.25) is 0 Å². The van der Waals surface area contributed by atoms with E-state index in [0.29, 0.717) is 36.2 Å². The third kappa shape index (κ3) is 2.25. The van der Waals surface area contributed by atoms with E-state index < -0.39 is 0 Å². The first kappa shape index (κ1) is 12.6. The molecule has 1 aromatic heterocycles. The predicted molar refractivity (Wildman–Crippen MR) is 72.5 cm³/mol. The van der Waals surface area contributed by atoms with Crippen LogP contribution in [0, 0.1) is 5.41 Å². The monoisotopic (exact) mass is 323 g/mol. The Morgan fingerprint density at radius 1 is 1.53 bits per heavy atom. The van der Waals surface area contributed by atoms with Gasteiger partial charge in [0.05, 0.1) is 0 Å². The number of hydrogen-bond donors (Lipinski definition) is 1. The van der Waals surface area contributed by atoms with Crippen molar-refractivity contribution in [1.29, 1.82) is 0 Å². The molecule has 1 N–H and O–H groups in total. The maximum absolute atomic E-state index is 12.4. The Morgan fingerprint density at radius 3 is 3.05 bits per heavy atom. The highest BCUT2D eigenvalue weighted by atomic mass is 79.9. The molecule has 6 heteroatoms. The molecule has 1 atom stereocenters. The molecule has 5 nitrogen and oxygen atoms in total. The summed E-state index contributed by atoms with van der Waals surface area (Å²) in [5.41, 5.74) is 0.380. The largest absolute Gasteiger partial charge is 0.355 e. The fourth-order valence-corrected chi connectivity index (χ4v) is 3.27. The maximum atomic E-state index is 12.4. The van der Waals surface area contributed by atoms with Crippen LogP contribution in [0.4, 0.5) is 0 Å². The Labute approximate surface area is 119 Å². The molecular weight excluding hydrogens is 310 g/mol. The van der Waals surface area contributed by atoms with E-state index in [9.17, 15) is 9.59 Å². The zero-order valence-electron chi connectivity index (χ0n) is 10.4. The number of nitrogens with zero attached hydrogens (tertiary/aromatic N) is 2. The summed E-state index contributed by atoms with van der Waals surface area (Å²) in [7, 11) is 0. The van der Waals surface area contributed by atoms with Gasteiger partial charge in [-0.05, 0) is 34.5 Å². The van der Waals surface area contributed by atoms with Crippen molar-refractivity contribution in [3.63, 3.8) is 0 Å². The highest BCUT2D eigenvalue weighted by molar-refractivity contribution is 9.10. The minimum Gasteiger partial charge on any atom is -0.355 e. The van der Waals surface area contributed by atoms with Gasteiger partial charge in [0.1, 0.15) is 5.69 Å². The summed E-state index contributed by atoms with van der Waals surface area (Å²) >= 11 is 3.35. The van der Waals surface area contributed by atoms with E-state index >= 15 is 0 Å². The molecule has 2 aliphatic rings. The lowest BCUT2D eigenvalue weighted by molar-refractivity contribution is -0.119. The van der Waals surface area contributed by atoms with Crippen molar-refractivity contribution in [1.82, 2.24) is 15.2 Å². The van der Waals surface area contributed by atoms with Crippen molar-refractivity contribution in [2.75, 3.05) is 19.6 Å². The van der Waals surface area contributed by atoms with Gasteiger partial charge in [-0.2, -0.15) is 0 Å². The van der Waals surface area contributed by atoms with E-state index in [1.165, 1.54) is 0 Å². The van der Waals surface area contributed by atoms with Gasteiger partial charge in [0.2, 0.25) is 5.91 Å². The van der Waals surface area contributed by atoms with E-state index in [1.807, 2.05) is 6.07 Å². The molecule has 0 aromatic carbocycles. The van der Waals surface area contributed by atoms with Gasteiger partial charge in [-0.1, -0.05) is 0 Å². The van der Waals surface area contributed by atoms with E-state index in [0.717, 1.165) is 6.42 Å². The molecule has 1 aromatic rings. The summed E-state index contributed by atoms with van der Waals surface area (Å²) in [4.78, 5) is 29.7. The number of halogens is 1. The summed E-state index contributed by atoms with van der Waals surface area (Å²) in [6.07, 6.45) is 3.02. The predicted octanol–water partition coefficient (Wildman–Crippen LogP) is 1.20. The van der Waals surface area contributed by atoms with Crippen LogP contribution < -0.4 is 5.32 Å². The van der Waals surface area contributed by atoms with Crippen molar-refractivity contribution in [3.8, 4) is 0 Å². The maximum Gasteiger partial charge on any atom is 0.273 e. The minimum atomic E-state index is -0.0660. The number of likely N-dealkylation sites (tertiary alicyclic amines) is 1. The average molecular weight is 324 g/mol. The van der Waals surface area contributed by atoms with Crippen LogP contribution in [0.25, 0.3) is 0 Å². The molecule has 100 valence electrons. The average Bonchev–Trinajstić information content (AvgIpc) is 2.97. The number of hydrogen-bond acceptors (Lipinski definition) is 3. The smallest absolute Gasteiger partial charge is 0.273 e. The molecule has 2 amide bonds. The lowest BCUT2D eigenvalue weighted by atomic mass is 9.86. The highest BCUT2D eigenvalue weighted by Crippen LogP contribution is 2.37. The fraction of sp³-hybridized carbons (Fsp3) is 0.462. The number of rotatable bonds is 1. The zero-order chi connectivity index (χ0) is 13.5. The van der Waals surface area contributed by atoms with Crippen LogP contribution in [-0.2, 0) is 4.79 Å². The molecule has 0 bridgehead atoms. The first-order valence-corrected chi connectivity index (χ1v) is 7.05. The quantitative estimate of drug-likeness (QED) is 0.844. The lowest BCUT2D eigenvalue weighted by Gasteiger charge is -2.21. The standard InChI is InChI=1S/C13H14BrN3O2/c14-9-2-1-4-15-11(9)12(19)17-5-3-13(8-17)6-10(18)16-7-13/h1-2,4H,3,5-8H2,(H,16,18). The van der Waals surface area contributed by atoms with Gasteiger partial charge in [-0.15, -0.1) is 0 Å². The van der Waals surface area contributed by atoms with Gasteiger partial charge in [0, 0.05) is 42.1 Å². The minimum absolute atomic E-state index is 0.0615. The van der Waals surface area contributed by atoms with Crippen molar-refractivity contribution in [2.24, 2.45) is 5.41 Å². The number of carbonyl (C=O) groups is 2. The Morgan fingerprint density at radius 2 is 2.37 bits per heavy atom. The van der Waals surface area contributed by atoms with Crippen molar-refractivity contribution < 1.29 is 9.59 Å². The van der Waals surface area contributed by atoms with E-state index in [-0.39, 0.29) is 17.2 Å². The Kier molecular flexibility index (Phi) is 3.05. The highest BCUT2D eigenvalue weighted by Gasteiger charge is 2.45. The number of carbonyl (C=O) groups excluding carboxylic acids is 2. The van der Waals surface area contributed by atoms with Gasteiger partial charge in [0.25, 0.3) is 5.91 Å². The summed E-state index contributed by atoms with van der Waals surface area (Å²) in [6.45, 7) is 2.00. The van der Waals surface area contributed by atoms with E-state index in [1.54, 1.807) is 17.2 Å². The second-order valence-corrected chi connectivity index (χ2v) is 6.12. The fourth-order valence-electron chi connectivity index (χ4n) is 2.84. The first-order valence-electron chi connectivity index (χ1n) is 6.26. The molecular formula is C13H14BrN3O2. The molecule has 19 heavy (non-hydrogen) atoms. The number of nitrogens with one attached hydrogen (secondary N) is 1. The van der Waals surface area contributed by atoms with Crippen LogP contribution in [0.1, 0.15) is 23.3 Å². The SMILES string of the molecule is O=C1CC2(CCN(C(=O)c3ncccc3Br)C2)CN1. The van der Waals surface area contributed by atoms with Gasteiger partial charge in [-0.25, -0.2) is 4.98 Å². The Balaban J connectivity index is 1.77. The first-order chi connectivity index (χ1) is 9.10. The van der Waals surface area contributed by atoms with Crippen molar-refractivity contribution in [2.45, 2.75) is 12.8 Å². The Bertz CT molecular complexity index is 548. The summed E-state index contributed by atoms with van der Waals surface area (Å²) in [5, 5.41) is 2.86. The summed E-state index contributed by atoms with van der Waals surface area (Å²) < 4.78 is 0.710. The summed E-state index contributed by atoms with van der Waals surface area (Å²) in [6, 6.07) is 3.60. The molecule has 1 unspecified atom stereocenters. The number of pyridine rings is 1. The topological polar surface area (TPSA) is 62.3 Å². The third-order valence-electron chi connectivity index (χ3n) is 3.88. The molecule has 3 rings (SSSR count). The van der Waals surface area contributed by atoms with Crippen LogP contribution in [0.3, 0.4) is 0 Å². The van der Waals surface area contributed by atoms with Gasteiger partial charge in [-0.3, -0.25) is 9.59 Å². The molecule has 2 saturated heterocycles. The number of aromatic nitrogens is 1. The van der Waals surface area contributed by atoms with Crippen LogP contribution in [-0.4, -0.2) is 41.3 Å². The molecule has 0 aliphatic carbocycles. The Hall–Kier alpha value is -1.43. The van der Waals surface area contributed by atoms with Gasteiger partial charge in [0.15, 0.2) is 0 Å². The zero-order valence-corrected chi connectivity index (χ0v) is 11.9. The molecule has 0 radical (unpaired) electrons. The number of amides is 2.